The van der Waals surface area contributed by atoms with Crippen molar-refractivity contribution in [2.75, 3.05) is 13.2 Å². The first-order chi connectivity index (χ1) is 16.7. The highest BCUT2D eigenvalue weighted by Crippen LogP contribution is 2.36. The SMILES string of the molecule is CCOc1ccc(-c2c(C#N)c3ccc(OCCCn4ccnc4)cc3n2CC)cc1.NC=O. The van der Waals surface area contributed by atoms with Gasteiger partial charge in [0.05, 0.1) is 36.3 Å². The predicted molar refractivity (Wildman–Crippen MR) is 132 cm³/mol. The van der Waals surface area contributed by atoms with E-state index in [2.05, 4.69) is 28.3 Å². The van der Waals surface area contributed by atoms with Gasteiger partial charge in [-0.3, -0.25) is 4.79 Å². The summed E-state index contributed by atoms with van der Waals surface area (Å²) in [6, 6.07) is 16.3. The Morgan fingerprint density at radius 3 is 2.47 bits per heavy atom. The zero-order valence-electron chi connectivity index (χ0n) is 19.5. The van der Waals surface area contributed by atoms with Gasteiger partial charge in [0, 0.05) is 36.9 Å². The number of aromatic nitrogens is 3. The number of nitrogens with zero attached hydrogens (tertiary/aromatic N) is 4. The van der Waals surface area contributed by atoms with Crippen molar-refractivity contribution in [3.8, 4) is 28.8 Å². The summed E-state index contributed by atoms with van der Waals surface area (Å²) in [6.45, 7) is 6.93. The van der Waals surface area contributed by atoms with Crippen LogP contribution in [0.5, 0.6) is 11.5 Å². The van der Waals surface area contributed by atoms with Gasteiger partial charge in [0.2, 0.25) is 6.41 Å². The van der Waals surface area contributed by atoms with Crippen molar-refractivity contribution in [1.82, 2.24) is 14.1 Å². The lowest BCUT2D eigenvalue weighted by Gasteiger charge is -2.11. The van der Waals surface area contributed by atoms with Gasteiger partial charge in [-0.25, -0.2) is 4.98 Å². The molecule has 176 valence electrons. The molecule has 4 rings (SSSR count). The van der Waals surface area contributed by atoms with Gasteiger partial charge in [-0.15, -0.1) is 0 Å². The van der Waals surface area contributed by atoms with E-state index in [1.54, 1.807) is 6.20 Å². The van der Waals surface area contributed by atoms with Crippen molar-refractivity contribution in [2.45, 2.75) is 33.4 Å². The first-order valence-corrected chi connectivity index (χ1v) is 11.2. The summed E-state index contributed by atoms with van der Waals surface area (Å²) in [6.07, 6.45) is 6.69. The van der Waals surface area contributed by atoms with Gasteiger partial charge in [-0.05, 0) is 62.2 Å². The van der Waals surface area contributed by atoms with Crippen LogP contribution >= 0.6 is 0 Å². The zero-order valence-corrected chi connectivity index (χ0v) is 19.5. The van der Waals surface area contributed by atoms with Gasteiger partial charge in [-0.1, -0.05) is 0 Å². The average Bonchev–Trinajstić information content (AvgIpc) is 3.48. The Bertz CT molecular complexity index is 1240. The van der Waals surface area contributed by atoms with Crippen LogP contribution in [-0.4, -0.2) is 33.7 Å². The summed E-state index contributed by atoms with van der Waals surface area (Å²) in [5.41, 5.74) is 7.80. The molecule has 0 aliphatic carbocycles. The quantitative estimate of drug-likeness (QED) is 0.295. The third-order valence-electron chi connectivity index (χ3n) is 5.29. The van der Waals surface area contributed by atoms with E-state index in [1.165, 1.54) is 0 Å². The maximum Gasteiger partial charge on any atom is 0.204 e. The molecule has 2 heterocycles. The number of primary amides is 1. The van der Waals surface area contributed by atoms with Crippen LogP contribution < -0.4 is 15.2 Å². The number of ether oxygens (including phenoxy) is 2. The summed E-state index contributed by atoms with van der Waals surface area (Å²) in [5.74, 6) is 1.64. The first kappa shape index (κ1) is 24.4. The molecule has 1 amide bonds. The fourth-order valence-electron chi connectivity index (χ4n) is 3.89. The molecule has 0 fully saturated rings. The molecule has 0 bridgehead atoms. The van der Waals surface area contributed by atoms with Crippen molar-refractivity contribution < 1.29 is 14.3 Å². The fourth-order valence-corrected chi connectivity index (χ4v) is 3.89. The molecule has 0 spiro atoms. The molecule has 0 unspecified atom stereocenters. The molecule has 8 heteroatoms. The smallest absolute Gasteiger partial charge is 0.204 e. The first-order valence-electron chi connectivity index (χ1n) is 11.2. The fraction of sp³-hybridized carbons (Fsp3) is 0.269. The third-order valence-corrected chi connectivity index (χ3v) is 5.29. The highest BCUT2D eigenvalue weighted by atomic mass is 16.5. The van der Waals surface area contributed by atoms with E-state index in [-0.39, 0.29) is 6.41 Å². The Kier molecular flexibility index (Phi) is 8.69. The van der Waals surface area contributed by atoms with Gasteiger partial charge >= 0.3 is 0 Å². The maximum absolute atomic E-state index is 9.93. The van der Waals surface area contributed by atoms with Crippen molar-refractivity contribution in [3.63, 3.8) is 0 Å². The lowest BCUT2D eigenvalue weighted by atomic mass is 10.1. The number of aryl methyl sites for hydroxylation is 2. The Morgan fingerprint density at radius 1 is 1.12 bits per heavy atom. The van der Waals surface area contributed by atoms with Crippen LogP contribution in [0.2, 0.25) is 0 Å². The molecule has 8 nitrogen and oxygen atoms in total. The molecule has 0 aliphatic heterocycles. The minimum absolute atomic E-state index is 0.250. The normalized spacial score (nSPS) is 10.3. The molecule has 0 saturated carbocycles. The Morgan fingerprint density at radius 2 is 1.85 bits per heavy atom. The number of hydrogen-bond acceptors (Lipinski definition) is 5. The second-order valence-electron chi connectivity index (χ2n) is 7.35. The van der Waals surface area contributed by atoms with Crippen LogP contribution in [0.25, 0.3) is 22.2 Å². The predicted octanol–water partition coefficient (Wildman–Crippen LogP) is 4.37. The van der Waals surface area contributed by atoms with Crippen LogP contribution in [0.15, 0.2) is 61.2 Å². The molecule has 4 aromatic rings. The molecule has 2 aromatic carbocycles. The molecular weight excluding hydrogens is 430 g/mol. The Labute approximate surface area is 199 Å². The van der Waals surface area contributed by atoms with Gasteiger partial charge in [0.15, 0.2) is 0 Å². The van der Waals surface area contributed by atoms with E-state index >= 15 is 0 Å². The standard InChI is InChI=1S/C25H26N4O2.CH3NO/c1-3-29-24-16-21(31-15-5-13-28-14-12-27-18-28)10-11-22(24)23(17-26)25(29)19-6-8-20(9-7-19)30-4-2;2-1-3/h6-12,14,16,18H,3-5,13,15H2,1-2H3;1H,(H2,2,3). The second-order valence-corrected chi connectivity index (χ2v) is 7.35. The number of amides is 1. The number of benzene rings is 2. The summed E-state index contributed by atoms with van der Waals surface area (Å²) < 4.78 is 15.8. The number of nitriles is 1. The van der Waals surface area contributed by atoms with Crippen LogP contribution in [0.1, 0.15) is 25.8 Å². The third kappa shape index (κ3) is 5.56. The van der Waals surface area contributed by atoms with Crippen LogP contribution in [-0.2, 0) is 17.9 Å². The average molecular weight is 460 g/mol. The van der Waals surface area contributed by atoms with Gasteiger partial charge in [0.25, 0.3) is 0 Å². The van der Waals surface area contributed by atoms with Gasteiger partial charge < -0.3 is 24.3 Å². The Hall–Kier alpha value is -4.25. The van der Waals surface area contributed by atoms with Gasteiger partial charge in [-0.2, -0.15) is 5.26 Å². The number of carbonyl (C=O) groups excluding carboxylic acids is 1. The highest BCUT2D eigenvalue weighted by molar-refractivity contribution is 5.95. The lowest BCUT2D eigenvalue weighted by molar-refractivity contribution is -0.106. The molecule has 0 radical (unpaired) electrons. The van der Waals surface area contributed by atoms with Crippen LogP contribution in [0.3, 0.4) is 0 Å². The minimum Gasteiger partial charge on any atom is -0.494 e. The van der Waals surface area contributed by atoms with Crippen molar-refractivity contribution in [1.29, 1.82) is 5.26 Å². The summed E-state index contributed by atoms with van der Waals surface area (Å²) in [4.78, 5) is 12.6. The van der Waals surface area contributed by atoms with Gasteiger partial charge in [0.1, 0.15) is 17.6 Å². The van der Waals surface area contributed by atoms with E-state index in [1.807, 2.05) is 66.5 Å². The zero-order chi connectivity index (χ0) is 24.3. The van der Waals surface area contributed by atoms with Crippen molar-refractivity contribution in [2.24, 2.45) is 5.73 Å². The summed E-state index contributed by atoms with van der Waals surface area (Å²) in [7, 11) is 0. The molecular formula is C26H29N5O3. The summed E-state index contributed by atoms with van der Waals surface area (Å²) in [5, 5.41) is 10.9. The number of imidazole rings is 1. The molecule has 0 aliphatic rings. The number of hydrogen-bond donors (Lipinski definition) is 1. The van der Waals surface area contributed by atoms with Crippen molar-refractivity contribution >= 4 is 17.3 Å². The molecule has 2 aromatic heterocycles. The lowest BCUT2D eigenvalue weighted by Crippen LogP contribution is -2.03. The minimum atomic E-state index is 0.250. The molecule has 0 atom stereocenters. The summed E-state index contributed by atoms with van der Waals surface area (Å²) >= 11 is 0. The molecule has 34 heavy (non-hydrogen) atoms. The van der Waals surface area contributed by atoms with E-state index in [4.69, 9.17) is 14.3 Å². The monoisotopic (exact) mass is 459 g/mol. The van der Waals surface area contributed by atoms with Crippen molar-refractivity contribution in [3.05, 3.63) is 66.7 Å². The Balaban J connectivity index is 0.00000103. The van der Waals surface area contributed by atoms with E-state index < -0.39 is 0 Å². The number of nitrogens with two attached hydrogens (primary N) is 1. The molecule has 0 saturated heterocycles. The number of fused-ring (bicyclic) bond motifs is 1. The van der Waals surface area contributed by atoms with E-state index in [9.17, 15) is 5.26 Å². The second kappa shape index (κ2) is 12.1. The van der Waals surface area contributed by atoms with Crippen LogP contribution in [0.4, 0.5) is 0 Å². The topological polar surface area (TPSA) is 108 Å². The maximum atomic E-state index is 9.93. The molecule has 2 N–H and O–H groups in total. The number of rotatable bonds is 9. The highest BCUT2D eigenvalue weighted by Gasteiger charge is 2.18. The van der Waals surface area contributed by atoms with E-state index in [0.29, 0.717) is 18.8 Å². The largest absolute Gasteiger partial charge is 0.494 e. The van der Waals surface area contributed by atoms with E-state index in [0.717, 1.165) is 53.2 Å². The van der Waals surface area contributed by atoms with Crippen LogP contribution in [0, 0.1) is 11.3 Å². The number of carbonyl (C=O) groups is 1.